The molecule has 5 fully saturated rings. The molecule has 0 aromatic heterocycles. The van der Waals surface area contributed by atoms with E-state index in [4.69, 9.17) is 0 Å². The maximum atomic E-state index is 15.2. The van der Waals surface area contributed by atoms with E-state index in [0.717, 1.165) is 5.56 Å². The molecule has 1 aromatic carbocycles. The van der Waals surface area contributed by atoms with Crippen molar-refractivity contribution in [1.82, 2.24) is 15.1 Å². The van der Waals surface area contributed by atoms with Crippen LogP contribution in [0.1, 0.15) is 58.4 Å². The Labute approximate surface area is 249 Å². The third-order valence-electron chi connectivity index (χ3n) is 11.2. The largest absolute Gasteiger partial charge is 0.341 e. The van der Waals surface area contributed by atoms with Crippen LogP contribution in [-0.4, -0.2) is 76.5 Å². The second kappa shape index (κ2) is 9.23. The van der Waals surface area contributed by atoms with E-state index in [-0.39, 0.29) is 50.1 Å². The Balaban J connectivity index is 1.24. The number of carbonyl (C=O) groups excluding carboxylic acids is 4. The Morgan fingerprint density at radius 1 is 1.14 bits per heavy atom. The molecule has 3 aliphatic heterocycles. The van der Waals surface area contributed by atoms with Crippen molar-refractivity contribution < 1.29 is 28.0 Å². The minimum atomic E-state index is -1.98. The highest BCUT2D eigenvalue weighted by Gasteiger charge is 2.65. The number of amides is 4. The molecule has 7 rings (SSSR count). The lowest BCUT2D eigenvalue weighted by Gasteiger charge is -2.38. The van der Waals surface area contributed by atoms with Crippen molar-refractivity contribution in [1.29, 1.82) is 5.26 Å². The number of nitrogens with zero attached hydrogens (tertiary/aromatic N) is 3. The SMILES string of the molecule is CC(C)(C)C(NC(=O)C1(F)CC1)C(=O)N1CC2C3CC(F)C(C3)C2C1C(=O)N1CC2(CC1C#N)C(=O)Nc1ccccc12. The molecule has 9 unspecified atom stereocenters. The molecule has 3 saturated carbocycles. The van der Waals surface area contributed by atoms with Crippen LogP contribution in [-0.2, 0) is 24.6 Å². The Hall–Kier alpha value is -3.55. The summed E-state index contributed by atoms with van der Waals surface area (Å²) >= 11 is 0. The van der Waals surface area contributed by atoms with Crippen molar-refractivity contribution >= 4 is 29.3 Å². The molecule has 228 valence electrons. The van der Waals surface area contributed by atoms with Crippen LogP contribution in [0.2, 0.25) is 0 Å². The molecule has 43 heavy (non-hydrogen) atoms. The van der Waals surface area contributed by atoms with Crippen LogP contribution in [0, 0.1) is 40.4 Å². The van der Waals surface area contributed by atoms with Gasteiger partial charge in [-0.2, -0.15) is 5.26 Å². The molecule has 11 heteroatoms. The van der Waals surface area contributed by atoms with Gasteiger partial charge in [0.15, 0.2) is 5.67 Å². The van der Waals surface area contributed by atoms with Crippen LogP contribution in [0.25, 0.3) is 0 Å². The van der Waals surface area contributed by atoms with Gasteiger partial charge in [0.2, 0.25) is 17.7 Å². The summed E-state index contributed by atoms with van der Waals surface area (Å²) in [5.74, 6) is -2.95. The van der Waals surface area contributed by atoms with E-state index >= 15 is 4.39 Å². The fourth-order valence-electron chi connectivity index (χ4n) is 8.82. The molecule has 9 atom stereocenters. The van der Waals surface area contributed by atoms with Gasteiger partial charge in [0.25, 0.3) is 5.91 Å². The van der Waals surface area contributed by atoms with Gasteiger partial charge in [-0.3, -0.25) is 19.2 Å². The van der Waals surface area contributed by atoms with Crippen LogP contribution in [0.3, 0.4) is 0 Å². The zero-order valence-electron chi connectivity index (χ0n) is 24.6. The van der Waals surface area contributed by atoms with Crippen LogP contribution in [0.5, 0.6) is 0 Å². The molecule has 3 aliphatic carbocycles. The minimum absolute atomic E-state index is 0.0280. The van der Waals surface area contributed by atoms with Crippen molar-refractivity contribution in [3.05, 3.63) is 29.8 Å². The molecule has 1 spiro atoms. The number of alkyl halides is 2. The van der Waals surface area contributed by atoms with Crippen molar-refractivity contribution in [2.45, 2.75) is 88.3 Å². The number of nitrogens with one attached hydrogen (secondary N) is 2. The van der Waals surface area contributed by atoms with Gasteiger partial charge in [-0.1, -0.05) is 39.0 Å². The fraction of sp³-hybridized carbons (Fsp3) is 0.656. The Morgan fingerprint density at radius 2 is 1.86 bits per heavy atom. The summed E-state index contributed by atoms with van der Waals surface area (Å²) in [5, 5.41) is 15.7. The van der Waals surface area contributed by atoms with Crippen molar-refractivity contribution in [2.75, 3.05) is 18.4 Å². The van der Waals surface area contributed by atoms with Gasteiger partial charge in [-0.05, 0) is 66.4 Å². The Kier molecular flexibility index (Phi) is 6.06. The normalized spacial score (nSPS) is 37.1. The van der Waals surface area contributed by atoms with E-state index in [0.29, 0.717) is 18.5 Å². The predicted octanol–water partition coefficient (Wildman–Crippen LogP) is 2.86. The number of fused-ring (bicyclic) bond motifs is 7. The summed E-state index contributed by atoms with van der Waals surface area (Å²) in [5.41, 5.74) is -2.51. The molecule has 2 N–H and O–H groups in total. The van der Waals surface area contributed by atoms with Crippen molar-refractivity contribution in [3.63, 3.8) is 0 Å². The average Bonchev–Trinajstić information content (AvgIpc) is 3.38. The second-order valence-corrected chi connectivity index (χ2v) is 14.7. The van der Waals surface area contributed by atoms with E-state index in [1.54, 1.807) is 32.9 Å². The van der Waals surface area contributed by atoms with Crippen molar-refractivity contribution in [3.8, 4) is 6.07 Å². The van der Waals surface area contributed by atoms with Gasteiger partial charge >= 0.3 is 0 Å². The molecular formula is C32H37F2N5O4. The van der Waals surface area contributed by atoms with Gasteiger partial charge < -0.3 is 20.4 Å². The smallest absolute Gasteiger partial charge is 0.258 e. The number of anilines is 1. The third kappa shape index (κ3) is 4.04. The zero-order chi connectivity index (χ0) is 30.6. The molecule has 2 bridgehead atoms. The lowest BCUT2D eigenvalue weighted by molar-refractivity contribution is -0.149. The Bertz CT molecular complexity index is 1470. The van der Waals surface area contributed by atoms with Crippen LogP contribution in [0.15, 0.2) is 24.3 Å². The molecule has 3 heterocycles. The molecule has 4 amide bonds. The van der Waals surface area contributed by atoms with Crippen LogP contribution >= 0.6 is 0 Å². The number of hydrogen-bond acceptors (Lipinski definition) is 5. The number of carbonyl (C=O) groups is 4. The van der Waals surface area contributed by atoms with Gasteiger partial charge in [-0.15, -0.1) is 0 Å². The standard InChI is InChI=1S/C32H37F2N5O4/c1-30(2,3)25(37-29(43)32(34)8-9-32)27(41)38-14-19-16-10-18(21(33)11-16)23(19)24(38)26(40)39-15-31(12-17(39)13-35)20-6-4-5-7-22(20)36-28(31)42/h4-7,16-19,21,23-25H,8-12,14-15H2,1-3H3,(H,36,42)(H,37,43). The molecule has 9 nitrogen and oxygen atoms in total. The summed E-state index contributed by atoms with van der Waals surface area (Å²) in [4.78, 5) is 58.1. The van der Waals surface area contributed by atoms with E-state index in [9.17, 15) is 28.8 Å². The number of likely N-dealkylation sites (tertiary alicyclic amines) is 2. The average molecular weight is 594 g/mol. The first-order valence-electron chi connectivity index (χ1n) is 15.3. The number of para-hydroxylation sites is 1. The third-order valence-corrected chi connectivity index (χ3v) is 11.2. The minimum Gasteiger partial charge on any atom is -0.341 e. The number of halogens is 2. The summed E-state index contributed by atoms with van der Waals surface area (Å²) in [6, 6.07) is 6.38. The number of hydrogen-bond donors (Lipinski definition) is 2. The van der Waals surface area contributed by atoms with Gasteiger partial charge in [0.05, 0.1) is 11.5 Å². The first kappa shape index (κ1) is 28.2. The summed E-state index contributed by atoms with van der Waals surface area (Å²) in [7, 11) is 0. The van der Waals surface area contributed by atoms with Gasteiger partial charge in [0, 0.05) is 25.2 Å². The highest BCUT2D eigenvalue weighted by atomic mass is 19.1. The van der Waals surface area contributed by atoms with Gasteiger partial charge in [-0.25, -0.2) is 8.78 Å². The summed E-state index contributed by atoms with van der Waals surface area (Å²) < 4.78 is 29.9. The quantitative estimate of drug-likeness (QED) is 0.556. The highest BCUT2D eigenvalue weighted by molar-refractivity contribution is 6.07. The van der Waals surface area contributed by atoms with E-state index in [1.807, 2.05) is 12.1 Å². The monoisotopic (exact) mass is 593 g/mol. The number of benzene rings is 1. The summed E-state index contributed by atoms with van der Waals surface area (Å²) in [6.07, 6.45) is 0.271. The van der Waals surface area contributed by atoms with Crippen LogP contribution in [0.4, 0.5) is 14.5 Å². The first-order chi connectivity index (χ1) is 20.3. The molecule has 2 saturated heterocycles. The van der Waals surface area contributed by atoms with E-state index in [1.165, 1.54) is 9.80 Å². The maximum Gasteiger partial charge on any atom is 0.258 e. The predicted molar refractivity (Wildman–Crippen MR) is 151 cm³/mol. The Morgan fingerprint density at radius 3 is 2.53 bits per heavy atom. The lowest BCUT2D eigenvalue weighted by Crippen LogP contribution is -2.60. The first-order valence-corrected chi connectivity index (χ1v) is 15.3. The fourth-order valence-corrected chi connectivity index (χ4v) is 8.82. The van der Waals surface area contributed by atoms with Crippen LogP contribution < -0.4 is 10.6 Å². The highest BCUT2D eigenvalue weighted by Crippen LogP contribution is 2.59. The topological polar surface area (TPSA) is 123 Å². The lowest BCUT2D eigenvalue weighted by atomic mass is 9.77. The molecular weight excluding hydrogens is 556 g/mol. The van der Waals surface area contributed by atoms with E-state index in [2.05, 4.69) is 16.7 Å². The second-order valence-electron chi connectivity index (χ2n) is 14.7. The van der Waals surface area contributed by atoms with E-state index < -0.39 is 70.4 Å². The number of rotatable bonds is 4. The van der Waals surface area contributed by atoms with Crippen molar-refractivity contribution in [2.24, 2.45) is 29.1 Å². The molecule has 6 aliphatic rings. The molecule has 0 radical (unpaired) electrons. The molecule has 1 aromatic rings. The zero-order valence-corrected chi connectivity index (χ0v) is 24.6. The number of nitriles is 1. The maximum absolute atomic E-state index is 15.2. The van der Waals surface area contributed by atoms with Gasteiger partial charge in [0.1, 0.15) is 24.3 Å². The summed E-state index contributed by atoms with van der Waals surface area (Å²) in [6.45, 7) is 5.52.